The van der Waals surface area contributed by atoms with E-state index in [1.54, 1.807) is 6.07 Å². The van der Waals surface area contributed by atoms with Gasteiger partial charge in [0.2, 0.25) is 11.8 Å². The van der Waals surface area contributed by atoms with Crippen molar-refractivity contribution >= 4 is 17.5 Å². The first kappa shape index (κ1) is 17.9. The van der Waals surface area contributed by atoms with Gasteiger partial charge >= 0.3 is 0 Å². The third-order valence-corrected chi connectivity index (χ3v) is 4.84. The Kier molecular flexibility index (Phi) is 4.89. The average molecular weight is 374 g/mol. The molecule has 0 aromatic heterocycles. The zero-order valence-corrected chi connectivity index (χ0v) is 15.1. The van der Waals surface area contributed by atoms with E-state index in [2.05, 4.69) is 5.32 Å². The average Bonchev–Trinajstić information content (AvgIpc) is 2.85. The van der Waals surface area contributed by atoms with Crippen LogP contribution in [0.3, 0.4) is 0 Å². The highest BCUT2D eigenvalue weighted by atomic mass is 19.1. The summed E-state index contributed by atoms with van der Waals surface area (Å²) in [6.07, 6.45) is 0.169. The molecule has 1 aliphatic rings. The van der Waals surface area contributed by atoms with E-state index in [1.165, 1.54) is 17.0 Å². The van der Waals surface area contributed by atoms with Gasteiger partial charge in [-0.25, -0.2) is 4.39 Å². The third-order valence-electron chi connectivity index (χ3n) is 4.84. The molecule has 0 aliphatic carbocycles. The van der Waals surface area contributed by atoms with Crippen LogP contribution in [0.25, 0.3) is 0 Å². The van der Waals surface area contributed by atoms with Crippen LogP contribution in [0.15, 0.2) is 78.9 Å². The summed E-state index contributed by atoms with van der Waals surface area (Å²) in [4.78, 5) is 27.2. The van der Waals surface area contributed by atoms with Gasteiger partial charge in [0.15, 0.2) is 0 Å². The van der Waals surface area contributed by atoms with Crippen LogP contribution >= 0.6 is 0 Å². The summed E-state index contributed by atoms with van der Waals surface area (Å²) in [7, 11) is 0. The number of nitrogens with zero attached hydrogens (tertiary/aromatic N) is 1. The molecule has 0 spiro atoms. The Morgan fingerprint density at radius 3 is 2.39 bits per heavy atom. The van der Waals surface area contributed by atoms with Crippen LogP contribution in [0.1, 0.15) is 22.7 Å². The molecule has 1 aliphatic heterocycles. The van der Waals surface area contributed by atoms with E-state index >= 15 is 0 Å². The third kappa shape index (κ3) is 3.64. The number of fused-ring (bicyclic) bond motifs is 1. The zero-order chi connectivity index (χ0) is 19.5. The molecule has 2 amide bonds. The van der Waals surface area contributed by atoms with Crippen LogP contribution in [0.4, 0.5) is 10.1 Å². The lowest BCUT2D eigenvalue weighted by Gasteiger charge is -2.30. The lowest BCUT2D eigenvalue weighted by Crippen LogP contribution is -2.39. The SMILES string of the molecule is O=C1CN(C(=O)Cc2ccccc2)[C@@H](c2ccccc2)c2cc(F)ccc2N1. The molecule has 3 aromatic carbocycles. The Hall–Kier alpha value is -3.47. The number of carbonyl (C=O) groups is 2. The first-order chi connectivity index (χ1) is 13.6. The highest BCUT2D eigenvalue weighted by Crippen LogP contribution is 2.36. The quantitative estimate of drug-likeness (QED) is 0.755. The number of rotatable bonds is 3. The van der Waals surface area contributed by atoms with Crippen molar-refractivity contribution in [2.75, 3.05) is 11.9 Å². The molecule has 0 unspecified atom stereocenters. The summed E-state index contributed by atoms with van der Waals surface area (Å²) < 4.78 is 14.1. The van der Waals surface area contributed by atoms with Gasteiger partial charge in [0, 0.05) is 11.3 Å². The molecule has 28 heavy (non-hydrogen) atoms. The zero-order valence-electron chi connectivity index (χ0n) is 15.1. The summed E-state index contributed by atoms with van der Waals surface area (Å²) in [6, 6.07) is 22.5. The van der Waals surface area contributed by atoms with E-state index in [9.17, 15) is 14.0 Å². The fourth-order valence-corrected chi connectivity index (χ4v) is 3.58. The van der Waals surface area contributed by atoms with E-state index in [0.717, 1.165) is 11.1 Å². The topological polar surface area (TPSA) is 49.4 Å². The minimum Gasteiger partial charge on any atom is -0.324 e. The van der Waals surface area contributed by atoms with Crippen molar-refractivity contribution < 1.29 is 14.0 Å². The van der Waals surface area contributed by atoms with E-state index in [4.69, 9.17) is 0 Å². The van der Waals surface area contributed by atoms with E-state index < -0.39 is 11.9 Å². The fraction of sp³-hybridized carbons (Fsp3) is 0.130. The Morgan fingerprint density at radius 2 is 1.68 bits per heavy atom. The maximum atomic E-state index is 14.1. The highest BCUT2D eigenvalue weighted by molar-refractivity contribution is 5.97. The van der Waals surface area contributed by atoms with Crippen molar-refractivity contribution in [1.29, 1.82) is 0 Å². The molecule has 5 heteroatoms. The molecule has 3 aromatic rings. The van der Waals surface area contributed by atoms with Gasteiger partial charge in [-0.2, -0.15) is 0 Å². The number of halogens is 1. The molecular weight excluding hydrogens is 355 g/mol. The molecule has 1 heterocycles. The molecular formula is C23H19FN2O2. The molecule has 0 saturated carbocycles. The van der Waals surface area contributed by atoms with Crippen LogP contribution in [0, 0.1) is 5.82 Å². The van der Waals surface area contributed by atoms with Crippen molar-refractivity contribution in [2.45, 2.75) is 12.5 Å². The number of nitrogens with one attached hydrogen (secondary N) is 1. The largest absolute Gasteiger partial charge is 0.324 e. The highest BCUT2D eigenvalue weighted by Gasteiger charge is 2.33. The summed E-state index contributed by atoms with van der Waals surface area (Å²) in [5, 5.41) is 2.80. The standard InChI is InChI=1S/C23H19FN2O2/c24-18-11-12-20-19(14-18)23(17-9-5-2-6-10-17)26(15-21(27)25-20)22(28)13-16-7-3-1-4-8-16/h1-12,14,23H,13,15H2,(H,25,27)/t23-/m0/s1. The monoisotopic (exact) mass is 374 g/mol. The van der Waals surface area contributed by atoms with Gasteiger partial charge in [0.25, 0.3) is 0 Å². The summed E-state index contributed by atoms with van der Waals surface area (Å²) >= 11 is 0. The maximum absolute atomic E-state index is 14.1. The number of amides is 2. The molecule has 1 atom stereocenters. The van der Waals surface area contributed by atoms with Crippen LogP contribution in [0.2, 0.25) is 0 Å². The number of benzene rings is 3. The van der Waals surface area contributed by atoms with E-state index in [0.29, 0.717) is 11.3 Å². The molecule has 4 rings (SSSR count). The van der Waals surface area contributed by atoms with Crippen molar-refractivity contribution in [2.24, 2.45) is 0 Å². The van der Waals surface area contributed by atoms with Crippen molar-refractivity contribution in [3.05, 3.63) is 101 Å². The van der Waals surface area contributed by atoms with Gasteiger partial charge in [0.1, 0.15) is 12.4 Å². The van der Waals surface area contributed by atoms with Gasteiger partial charge in [-0.3, -0.25) is 9.59 Å². The normalized spacial score (nSPS) is 16.1. The summed E-state index contributed by atoms with van der Waals surface area (Å²) in [5.41, 5.74) is 2.78. The van der Waals surface area contributed by atoms with E-state index in [-0.39, 0.29) is 24.8 Å². The predicted octanol–water partition coefficient (Wildman–Crippen LogP) is 3.94. The second-order valence-corrected chi connectivity index (χ2v) is 6.78. The van der Waals surface area contributed by atoms with Gasteiger partial charge in [-0.1, -0.05) is 60.7 Å². The lowest BCUT2D eigenvalue weighted by molar-refractivity contribution is -0.135. The number of hydrogen-bond acceptors (Lipinski definition) is 2. The summed E-state index contributed by atoms with van der Waals surface area (Å²) in [6.45, 7) is -0.0957. The molecule has 1 N–H and O–H groups in total. The van der Waals surface area contributed by atoms with Crippen LogP contribution in [-0.2, 0) is 16.0 Å². The Morgan fingerprint density at radius 1 is 1.00 bits per heavy atom. The van der Waals surface area contributed by atoms with Crippen LogP contribution in [0.5, 0.6) is 0 Å². The number of hydrogen-bond donors (Lipinski definition) is 1. The minimum absolute atomic E-state index is 0.0957. The van der Waals surface area contributed by atoms with Gasteiger partial charge in [-0.15, -0.1) is 0 Å². The second-order valence-electron chi connectivity index (χ2n) is 6.78. The Balaban J connectivity index is 1.80. The smallest absolute Gasteiger partial charge is 0.244 e. The van der Waals surface area contributed by atoms with E-state index in [1.807, 2.05) is 60.7 Å². The maximum Gasteiger partial charge on any atom is 0.244 e. The van der Waals surface area contributed by atoms with Gasteiger partial charge < -0.3 is 10.2 Å². The molecule has 0 fully saturated rings. The minimum atomic E-state index is -0.554. The van der Waals surface area contributed by atoms with Crippen LogP contribution < -0.4 is 5.32 Å². The number of anilines is 1. The molecule has 0 radical (unpaired) electrons. The van der Waals surface area contributed by atoms with Gasteiger partial charge in [0.05, 0.1) is 12.5 Å². The summed E-state index contributed by atoms with van der Waals surface area (Å²) in [5.74, 6) is -0.897. The first-order valence-corrected chi connectivity index (χ1v) is 9.09. The van der Waals surface area contributed by atoms with Crippen molar-refractivity contribution in [3.63, 3.8) is 0 Å². The Bertz CT molecular complexity index is 1010. The Labute approximate surface area is 162 Å². The second kappa shape index (κ2) is 7.64. The number of carbonyl (C=O) groups excluding carboxylic acids is 2. The predicted molar refractivity (Wildman–Crippen MR) is 105 cm³/mol. The molecule has 140 valence electrons. The van der Waals surface area contributed by atoms with Gasteiger partial charge in [-0.05, 0) is 29.3 Å². The molecule has 4 nitrogen and oxygen atoms in total. The first-order valence-electron chi connectivity index (χ1n) is 9.09. The fourth-order valence-electron chi connectivity index (χ4n) is 3.58. The lowest BCUT2D eigenvalue weighted by atomic mass is 9.95. The van der Waals surface area contributed by atoms with Crippen molar-refractivity contribution in [3.8, 4) is 0 Å². The molecule has 0 saturated heterocycles. The molecule has 0 bridgehead atoms. The van der Waals surface area contributed by atoms with Crippen molar-refractivity contribution in [1.82, 2.24) is 4.90 Å². The van der Waals surface area contributed by atoms with Crippen LogP contribution in [-0.4, -0.2) is 23.3 Å².